The molecule has 0 bridgehead atoms. The van der Waals surface area contributed by atoms with Crippen LogP contribution in [0.4, 0.5) is 0 Å². The number of rotatable bonds is 1. The lowest BCUT2D eigenvalue weighted by molar-refractivity contribution is -0.206. The molecule has 5 heteroatoms. The van der Waals surface area contributed by atoms with Gasteiger partial charge < -0.3 is 14.9 Å². The number of ether oxygens (including phenoxy) is 1. The molecule has 0 radical (unpaired) electrons. The molecular formula is C15H22O5. The lowest BCUT2D eigenvalue weighted by Crippen LogP contribution is -2.64. The predicted molar refractivity (Wildman–Crippen MR) is 69.6 cm³/mol. The average Bonchev–Trinajstić information content (AvgIpc) is 2.78. The van der Waals surface area contributed by atoms with Gasteiger partial charge in [0.25, 0.3) is 0 Å². The average molecular weight is 282 g/mol. The summed E-state index contributed by atoms with van der Waals surface area (Å²) in [4.78, 5) is 24.4. The summed E-state index contributed by atoms with van der Waals surface area (Å²) >= 11 is 0. The van der Waals surface area contributed by atoms with Crippen molar-refractivity contribution in [3.8, 4) is 0 Å². The van der Waals surface area contributed by atoms with Gasteiger partial charge >= 0.3 is 5.97 Å². The monoisotopic (exact) mass is 282 g/mol. The molecule has 1 aliphatic heterocycles. The predicted octanol–water partition coefficient (Wildman–Crippen LogP) is 0.667. The zero-order valence-electron chi connectivity index (χ0n) is 12.2. The highest BCUT2D eigenvalue weighted by molar-refractivity contribution is 5.87. The minimum atomic E-state index is -0.919. The Hall–Kier alpha value is -0.940. The van der Waals surface area contributed by atoms with Crippen LogP contribution in [0.15, 0.2) is 0 Å². The molecule has 2 saturated carbocycles. The molecule has 1 saturated heterocycles. The topological polar surface area (TPSA) is 83.8 Å². The molecule has 0 amide bonds. The van der Waals surface area contributed by atoms with Crippen LogP contribution in [-0.4, -0.2) is 40.3 Å². The first kappa shape index (κ1) is 14.0. The van der Waals surface area contributed by atoms with Gasteiger partial charge in [0.15, 0.2) is 0 Å². The summed E-state index contributed by atoms with van der Waals surface area (Å²) in [5, 5.41) is 20.3. The number of carbonyl (C=O) groups excluding carboxylic acids is 2. The summed E-state index contributed by atoms with van der Waals surface area (Å²) in [6.07, 6.45) is 0.133. The quantitative estimate of drug-likeness (QED) is 0.690. The molecule has 5 nitrogen and oxygen atoms in total. The molecule has 20 heavy (non-hydrogen) atoms. The Bertz CT molecular complexity index is 489. The van der Waals surface area contributed by atoms with E-state index in [1.807, 2.05) is 13.8 Å². The van der Waals surface area contributed by atoms with Gasteiger partial charge in [-0.25, -0.2) is 0 Å². The molecule has 0 aromatic rings. The Morgan fingerprint density at radius 2 is 1.95 bits per heavy atom. The van der Waals surface area contributed by atoms with Crippen LogP contribution in [0.25, 0.3) is 0 Å². The second-order valence-electron chi connectivity index (χ2n) is 7.13. The third-order valence-electron chi connectivity index (χ3n) is 6.68. The number of carbonyl (C=O) groups is 2. The summed E-state index contributed by atoms with van der Waals surface area (Å²) < 4.78 is 5.72. The molecule has 2 N–H and O–H groups in total. The van der Waals surface area contributed by atoms with Crippen LogP contribution in [-0.2, 0) is 14.3 Å². The highest BCUT2D eigenvalue weighted by Gasteiger charge is 2.78. The van der Waals surface area contributed by atoms with E-state index >= 15 is 0 Å². The highest BCUT2D eigenvalue weighted by Crippen LogP contribution is 2.70. The summed E-state index contributed by atoms with van der Waals surface area (Å²) in [6.45, 7) is 5.26. The number of aliphatic hydroxyl groups is 2. The van der Waals surface area contributed by atoms with Gasteiger partial charge in [-0.2, -0.15) is 0 Å². The van der Waals surface area contributed by atoms with Gasteiger partial charge in [0.2, 0.25) is 0 Å². The van der Waals surface area contributed by atoms with Crippen LogP contribution in [0.2, 0.25) is 0 Å². The number of esters is 1. The number of hydrogen-bond acceptors (Lipinski definition) is 5. The van der Waals surface area contributed by atoms with Crippen molar-refractivity contribution in [2.45, 2.75) is 51.7 Å². The Balaban J connectivity index is 2.24. The third-order valence-corrected chi connectivity index (χ3v) is 6.68. The van der Waals surface area contributed by atoms with Crippen molar-refractivity contribution in [2.75, 3.05) is 6.61 Å². The molecule has 0 aromatic carbocycles. The molecule has 0 unspecified atom stereocenters. The van der Waals surface area contributed by atoms with Crippen molar-refractivity contribution in [1.82, 2.24) is 0 Å². The van der Waals surface area contributed by atoms with Crippen LogP contribution in [0.1, 0.15) is 40.0 Å². The van der Waals surface area contributed by atoms with E-state index in [0.29, 0.717) is 6.42 Å². The van der Waals surface area contributed by atoms with Crippen molar-refractivity contribution in [3.05, 3.63) is 0 Å². The summed E-state index contributed by atoms with van der Waals surface area (Å²) in [5.74, 6) is -0.831. The largest absolute Gasteiger partial charge is 0.458 e. The van der Waals surface area contributed by atoms with Crippen molar-refractivity contribution >= 4 is 11.8 Å². The first-order chi connectivity index (χ1) is 9.24. The molecule has 0 spiro atoms. The molecular weight excluding hydrogens is 260 g/mol. The first-order valence-electron chi connectivity index (χ1n) is 7.27. The van der Waals surface area contributed by atoms with Crippen LogP contribution in [0.3, 0.4) is 0 Å². The Morgan fingerprint density at radius 3 is 2.55 bits per heavy atom. The Kier molecular flexibility index (Phi) is 2.68. The van der Waals surface area contributed by atoms with Crippen molar-refractivity contribution in [3.63, 3.8) is 0 Å². The summed E-state index contributed by atoms with van der Waals surface area (Å²) in [5.41, 5.74) is -2.41. The minimum absolute atomic E-state index is 0.0522. The maximum absolute atomic E-state index is 12.4. The van der Waals surface area contributed by atoms with Crippen molar-refractivity contribution < 1.29 is 24.5 Å². The lowest BCUT2D eigenvalue weighted by atomic mass is 9.48. The second kappa shape index (κ2) is 3.83. The molecule has 3 aliphatic rings. The minimum Gasteiger partial charge on any atom is -0.458 e. The van der Waals surface area contributed by atoms with E-state index in [-0.39, 0.29) is 43.0 Å². The van der Waals surface area contributed by atoms with E-state index in [1.54, 1.807) is 6.92 Å². The number of aliphatic hydroxyl groups excluding tert-OH is 2. The van der Waals surface area contributed by atoms with Gasteiger partial charge in [0, 0.05) is 29.6 Å². The number of ketones is 1. The summed E-state index contributed by atoms with van der Waals surface area (Å²) in [6, 6.07) is 0. The van der Waals surface area contributed by atoms with Crippen LogP contribution in [0, 0.1) is 22.7 Å². The van der Waals surface area contributed by atoms with Gasteiger partial charge in [-0.1, -0.05) is 20.8 Å². The van der Waals surface area contributed by atoms with Gasteiger partial charge in [0.1, 0.15) is 11.4 Å². The smallest absolute Gasteiger partial charge is 0.307 e. The van der Waals surface area contributed by atoms with E-state index in [1.165, 1.54) is 0 Å². The fourth-order valence-electron chi connectivity index (χ4n) is 5.06. The Morgan fingerprint density at radius 1 is 1.30 bits per heavy atom. The molecule has 112 valence electrons. The molecule has 0 aromatic heterocycles. The van der Waals surface area contributed by atoms with Crippen LogP contribution < -0.4 is 0 Å². The summed E-state index contributed by atoms with van der Waals surface area (Å²) in [7, 11) is 0. The fraction of sp³-hybridized carbons (Fsp3) is 0.867. The SMILES string of the molecule is C[C@@H]1[C@H](O)C[C@]23OC(=O)C[C@]12CC(=O)[C@H](C)[C@]3(C)CO. The lowest BCUT2D eigenvalue weighted by Gasteiger charge is -2.56. The maximum Gasteiger partial charge on any atom is 0.307 e. The first-order valence-corrected chi connectivity index (χ1v) is 7.27. The van der Waals surface area contributed by atoms with Gasteiger partial charge in [0.05, 0.1) is 19.1 Å². The van der Waals surface area contributed by atoms with Gasteiger partial charge in [-0.15, -0.1) is 0 Å². The molecule has 3 fully saturated rings. The van der Waals surface area contributed by atoms with Gasteiger partial charge in [-0.05, 0) is 5.92 Å². The van der Waals surface area contributed by atoms with E-state index in [0.717, 1.165) is 0 Å². The van der Waals surface area contributed by atoms with Crippen LogP contribution in [0.5, 0.6) is 0 Å². The zero-order valence-corrected chi connectivity index (χ0v) is 12.2. The normalized spacial score (nSPS) is 54.5. The van der Waals surface area contributed by atoms with E-state index in [9.17, 15) is 19.8 Å². The van der Waals surface area contributed by atoms with Crippen molar-refractivity contribution in [2.24, 2.45) is 22.7 Å². The molecule has 3 rings (SSSR count). The van der Waals surface area contributed by atoms with Crippen LogP contribution >= 0.6 is 0 Å². The highest BCUT2D eigenvalue weighted by atomic mass is 16.6. The standard InChI is InChI=1S/C15H22O5/c1-8-10(17)4-14-6-12(19)20-15(14,13(8,3)7-16)5-11(18)9(14)2/h8-9,11,16,18H,4-7H2,1-3H3/t8-,9+,11+,13-,14+,15+/m0/s1. The van der Waals surface area contributed by atoms with Gasteiger partial charge in [-0.3, -0.25) is 9.59 Å². The molecule has 1 heterocycles. The van der Waals surface area contributed by atoms with E-state index in [2.05, 4.69) is 0 Å². The van der Waals surface area contributed by atoms with Crippen molar-refractivity contribution in [1.29, 1.82) is 0 Å². The van der Waals surface area contributed by atoms with E-state index < -0.39 is 22.5 Å². The number of hydrogen-bond donors (Lipinski definition) is 2. The molecule has 6 atom stereocenters. The second-order valence-corrected chi connectivity index (χ2v) is 7.13. The molecule has 2 aliphatic carbocycles. The number of Topliss-reactive ketones (excluding diaryl/α,β-unsaturated/α-hetero) is 1. The van der Waals surface area contributed by atoms with E-state index in [4.69, 9.17) is 4.74 Å². The zero-order chi connectivity index (χ0) is 14.9. The Labute approximate surface area is 118 Å². The fourth-order valence-corrected chi connectivity index (χ4v) is 5.06. The maximum atomic E-state index is 12.4. The third kappa shape index (κ3) is 1.22.